The van der Waals surface area contributed by atoms with Crippen LogP contribution < -0.4 is 0 Å². The van der Waals surface area contributed by atoms with E-state index in [1.54, 1.807) is 11.6 Å². The number of hydrogen-bond donors (Lipinski definition) is 0. The van der Waals surface area contributed by atoms with Gasteiger partial charge in [-0.1, -0.05) is 0 Å². The van der Waals surface area contributed by atoms with E-state index in [2.05, 4.69) is 9.97 Å². The first-order valence-electron chi connectivity index (χ1n) is 4.29. The van der Waals surface area contributed by atoms with Crippen molar-refractivity contribution in [3.05, 3.63) is 46.4 Å². The van der Waals surface area contributed by atoms with Crippen molar-refractivity contribution >= 4 is 17.1 Å². The van der Waals surface area contributed by atoms with Crippen LogP contribution >= 0.6 is 11.3 Å². The summed E-state index contributed by atoms with van der Waals surface area (Å²) in [7, 11) is 0. The van der Waals surface area contributed by atoms with E-state index in [4.69, 9.17) is 0 Å². The Morgan fingerprint density at radius 2 is 2.27 bits per heavy atom. The lowest BCUT2D eigenvalue weighted by Crippen LogP contribution is -2.05. The highest BCUT2D eigenvalue weighted by Gasteiger charge is 2.09. The van der Waals surface area contributed by atoms with Crippen molar-refractivity contribution in [2.75, 3.05) is 0 Å². The number of Topliss-reactive ketones (excluding diaryl/α,β-unsaturated/α-hetero) is 1. The Morgan fingerprint density at radius 1 is 1.40 bits per heavy atom. The summed E-state index contributed by atoms with van der Waals surface area (Å²) in [6, 6.07) is 2.60. The second kappa shape index (κ2) is 4.27. The molecule has 0 saturated heterocycles. The van der Waals surface area contributed by atoms with Gasteiger partial charge >= 0.3 is 0 Å². The summed E-state index contributed by atoms with van der Waals surface area (Å²) in [5.74, 6) is -0.592. The van der Waals surface area contributed by atoms with Crippen LogP contribution in [0.3, 0.4) is 0 Å². The van der Waals surface area contributed by atoms with Crippen molar-refractivity contribution in [1.29, 1.82) is 0 Å². The first kappa shape index (κ1) is 9.92. The van der Waals surface area contributed by atoms with Crippen LogP contribution in [-0.4, -0.2) is 15.8 Å². The molecule has 0 atom stereocenters. The molecular formula is C10H7FN2OS. The molecule has 0 spiro atoms. The molecule has 0 bridgehead atoms. The van der Waals surface area contributed by atoms with Gasteiger partial charge in [0.25, 0.3) is 0 Å². The van der Waals surface area contributed by atoms with Gasteiger partial charge in [0, 0.05) is 11.6 Å². The van der Waals surface area contributed by atoms with E-state index in [9.17, 15) is 9.18 Å². The van der Waals surface area contributed by atoms with Gasteiger partial charge in [0.1, 0.15) is 16.5 Å². The first-order chi connectivity index (χ1) is 7.25. The van der Waals surface area contributed by atoms with Crippen LogP contribution in [0.15, 0.2) is 29.9 Å². The number of rotatable bonds is 3. The third-order valence-corrected chi connectivity index (χ3v) is 2.59. The second-order valence-corrected chi connectivity index (χ2v) is 3.87. The number of carbonyl (C=O) groups is 1. The molecule has 2 aromatic rings. The average molecular weight is 222 g/mol. The Hall–Kier alpha value is -1.62. The Kier molecular flexibility index (Phi) is 2.82. The minimum atomic E-state index is -0.444. The monoisotopic (exact) mass is 222 g/mol. The zero-order valence-electron chi connectivity index (χ0n) is 7.68. The molecule has 2 heterocycles. The molecule has 0 saturated carbocycles. The standard InChI is InChI=1S/C10H7FN2OS/c11-7-1-2-8(13-6-7)9(14)5-10-12-3-4-15-10/h1-4,6H,5H2. The molecule has 2 rings (SSSR count). The summed E-state index contributed by atoms with van der Waals surface area (Å²) in [6.45, 7) is 0. The van der Waals surface area contributed by atoms with Crippen molar-refractivity contribution in [3.8, 4) is 0 Å². The Morgan fingerprint density at radius 3 is 2.87 bits per heavy atom. The molecule has 0 aliphatic heterocycles. The Labute approximate surface area is 89.6 Å². The largest absolute Gasteiger partial charge is 0.292 e. The van der Waals surface area contributed by atoms with Gasteiger partial charge in [-0.3, -0.25) is 9.78 Å². The maximum Gasteiger partial charge on any atom is 0.187 e. The van der Waals surface area contributed by atoms with Crippen LogP contribution in [0, 0.1) is 5.82 Å². The van der Waals surface area contributed by atoms with Crippen LogP contribution in [0.1, 0.15) is 15.5 Å². The van der Waals surface area contributed by atoms with Crippen molar-refractivity contribution in [1.82, 2.24) is 9.97 Å². The molecule has 0 aromatic carbocycles. The highest BCUT2D eigenvalue weighted by molar-refractivity contribution is 7.09. The smallest absolute Gasteiger partial charge is 0.187 e. The van der Waals surface area contributed by atoms with Crippen LogP contribution in [0.25, 0.3) is 0 Å². The molecule has 0 aliphatic carbocycles. The fourth-order valence-electron chi connectivity index (χ4n) is 1.11. The normalized spacial score (nSPS) is 10.2. The number of thiazole rings is 1. The van der Waals surface area contributed by atoms with Gasteiger partial charge in [-0.2, -0.15) is 0 Å². The van der Waals surface area contributed by atoms with Crippen molar-refractivity contribution in [2.45, 2.75) is 6.42 Å². The minimum Gasteiger partial charge on any atom is -0.292 e. The molecule has 0 N–H and O–H groups in total. The zero-order valence-corrected chi connectivity index (χ0v) is 8.50. The predicted molar refractivity (Wildman–Crippen MR) is 54.3 cm³/mol. The van der Waals surface area contributed by atoms with E-state index in [0.717, 1.165) is 11.2 Å². The minimum absolute atomic E-state index is 0.148. The van der Waals surface area contributed by atoms with E-state index in [0.29, 0.717) is 0 Å². The number of ketones is 1. The number of aromatic nitrogens is 2. The highest BCUT2D eigenvalue weighted by atomic mass is 32.1. The van der Waals surface area contributed by atoms with Gasteiger partial charge in [0.05, 0.1) is 12.6 Å². The summed E-state index contributed by atoms with van der Waals surface area (Å²) in [5, 5.41) is 2.55. The molecule has 0 fully saturated rings. The summed E-state index contributed by atoms with van der Waals surface area (Å²) in [4.78, 5) is 19.3. The topological polar surface area (TPSA) is 42.9 Å². The van der Waals surface area contributed by atoms with Gasteiger partial charge in [0.2, 0.25) is 0 Å². The van der Waals surface area contributed by atoms with Gasteiger partial charge in [0.15, 0.2) is 5.78 Å². The highest BCUT2D eigenvalue weighted by Crippen LogP contribution is 2.08. The third-order valence-electron chi connectivity index (χ3n) is 1.81. The van der Waals surface area contributed by atoms with E-state index in [1.165, 1.54) is 23.5 Å². The first-order valence-corrected chi connectivity index (χ1v) is 5.17. The quantitative estimate of drug-likeness (QED) is 0.747. The van der Waals surface area contributed by atoms with Crippen molar-refractivity contribution in [2.24, 2.45) is 0 Å². The molecule has 15 heavy (non-hydrogen) atoms. The zero-order chi connectivity index (χ0) is 10.7. The predicted octanol–water partition coefficient (Wildman–Crippen LogP) is 2.10. The van der Waals surface area contributed by atoms with E-state index in [-0.39, 0.29) is 17.9 Å². The molecule has 3 nitrogen and oxygen atoms in total. The van der Waals surface area contributed by atoms with Crippen molar-refractivity contribution < 1.29 is 9.18 Å². The third kappa shape index (κ3) is 2.44. The van der Waals surface area contributed by atoms with Crippen LogP contribution in [-0.2, 0) is 6.42 Å². The molecule has 0 radical (unpaired) electrons. The van der Waals surface area contributed by atoms with Gasteiger partial charge < -0.3 is 0 Å². The molecule has 76 valence electrons. The number of carbonyl (C=O) groups excluding carboxylic acids is 1. The van der Waals surface area contributed by atoms with Crippen LogP contribution in [0.4, 0.5) is 4.39 Å². The number of pyridine rings is 1. The molecule has 0 aliphatic rings. The maximum absolute atomic E-state index is 12.5. The molecule has 0 amide bonds. The second-order valence-electron chi connectivity index (χ2n) is 2.89. The molecule has 5 heteroatoms. The summed E-state index contributed by atoms with van der Waals surface area (Å²) in [6.07, 6.45) is 2.90. The summed E-state index contributed by atoms with van der Waals surface area (Å²) >= 11 is 1.42. The lowest BCUT2D eigenvalue weighted by Gasteiger charge is -1.96. The Bertz CT molecular complexity index is 453. The SMILES string of the molecule is O=C(Cc1nccs1)c1ccc(F)cn1. The fourth-order valence-corrected chi connectivity index (χ4v) is 1.72. The van der Waals surface area contributed by atoms with Crippen LogP contribution in [0.2, 0.25) is 0 Å². The summed E-state index contributed by atoms with van der Waals surface area (Å²) in [5.41, 5.74) is 0.270. The number of hydrogen-bond acceptors (Lipinski definition) is 4. The number of nitrogens with zero attached hydrogens (tertiary/aromatic N) is 2. The average Bonchev–Trinajstić information content (AvgIpc) is 2.71. The molecular weight excluding hydrogens is 215 g/mol. The van der Waals surface area contributed by atoms with Gasteiger partial charge in [-0.25, -0.2) is 9.37 Å². The number of halogens is 1. The summed E-state index contributed by atoms with van der Waals surface area (Å²) < 4.78 is 12.5. The van der Waals surface area contributed by atoms with Crippen molar-refractivity contribution in [3.63, 3.8) is 0 Å². The fraction of sp³-hybridized carbons (Fsp3) is 0.100. The van der Waals surface area contributed by atoms with E-state index < -0.39 is 5.82 Å². The maximum atomic E-state index is 12.5. The molecule has 0 unspecified atom stereocenters. The lowest BCUT2D eigenvalue weighted by atomic mass is 10.2. The molecule has 2 aromatic heterocycles. The van der Waals surface area contributed by atoms with E-state index in [1.807, 2.05) is 0 Å². The van der Waals surface area contributed by atoms with Gasteiger partial charge in [-0.15, -0.1) is 11.3 Å². The van der Waals surface area contributed by atoms with Gasteiger partial charge in [-0.05, 0) is 12.1 Å². The lowest BCUT2D eigenvalue weighted by molar-refractivity contribution is 0.0988. The van der Waals surface area contributed by atoms with Crippen LogP contribution in [0.5, 0.6) is 0 Å². The van der Waals surface area contributed by atoms with E-state index >= 15 is 0 Å². The Balaban J connectivity index is 2.11.